The number of rotatable bonds is 4. The van der Waals surface area contributed by atoms with Gasteiger partial charge in [0.15, 0.2) is 0 Å². The zero-order valence-electron chi connectivity index (χ0n) is 12.9. The molecule has 0 aliphatic heterocycles. The lowest BCUT2D eigenvalue weighted by molar-refractivity contribution is 0.0698. The third-order valence-electron chi connectivity index (χ3n) is 3.59. The van der Waals surface area contributed by atoms with Crippen LogP contribution in [0.2, 0.25) is 0 Å². The van der Waals surface area contributed by atoms with Crippen molar-refractivity contribution in [1.29, 1.82) is 0 Å². The van der Waals surface area contributed by atoms with Crippen molar-refractivity contribution in [3.63, 3.8) is 0 Å². The molecule has 0 aliphatic rings. The van der Waals surface area contributed by atoms with E-state index in [0.717, 1.165) is 6.07 Å². The molecule has 0 aliphatic carbocycles. The van der Waals surface area contributed by atoms with E-state index in [1.807, 2.05) is 0 Å². The van der Waals surface area contributed by atoms with E-state index in [0.29, 0.717) is 10.9 Å². The first-order valence-corrected chi connectivity index (χ1v) is 7.12. The lowest BCUT2D eigenvalue weighted by Crippen LogP contribution is -2.17. The number of carbonyl (C=O) groups excluding carboxylic acids is 1. The number of aryl methyl sites for hydroxylation is 1. The van der Waals surface area contributed by atoms with E-state index >= 15 is 0 Å². The van der Waals surface area contributed by atoms with Gasteiger partial charge in [0.1, 0.15) is 11.4 Å². The van der Waals surface area contributed by atoms with E-state index in [4.69, 9.17) is 0 Å². The summed E-state index contributed by atoms with van der Waals surface area (Å²) in [5.41, 5.74) is -0.306. The topological polar surface area (TPSA) is 97.1 Å². The van der Waals surface area contributed by atoms with Gasteiger partial charge in [0, 0.05) is 12.4 Å². The molecule has 128 valence electrons. The Morgan fingerprint density at radius 1 is 1.28 bits per heavy atom. The second-order valence-corrected chi connectivity index (χ2v) is 5.23. The summed E-state index contributed by atoms with van der Waals surface area (Å²) < 4.78 is 26.9. The molecule has 1 aromatic carbocycles. The summed E-state index contributed by atoms with van der Waals surface area (Å²) in [6.45, 7) is 0. The van der Waals surface area contributed by atoms with Crippen LogP contribution in [0.4, 0.5) is 14.5 Å². The predicted octanol–water partition coefficient (Wildman–Crippen LogP) is 2.86. The molecule has 2 aromatic heterocycles. The molecule has 0 atom stereocenters. The number of hydrogen-bond acceptors (Lipinski definition) is 4. The lowest BCUT2D eigenvalue weighted by Gasteiger charge is -2.10. The van der Waals surface area contributed by atoms with Crippen molar-refractivity contribution >= 4 is 28.5 Å². The third kappa shape index (κ3) is 3.16. The number of anilines is 1. The van der Waals surface area contributed by atoms with Crippen molar-refractivity contribution in [2.75, 3.05) is 5.32 Å². The van der Waals surface area contributed by atoms with Gasteiger partial charge in [-0.2, -0.15) is 5.10 Å². The van der Waals surface area contributed by atoms with Gasteiger partial charge in [-0.25, -0.2) is 18.6 Å². The highest BCUT2D eigenvalue weighted by Crippen LogP contribution is 2.25. The predicted molar refractivity (Wildman–Crippen MR) is 84.8 cm³/mol. The minimum Gasteiger partial charge on any atom is -0.478 e. The van der Waals surface area contributed by atoms with Gasteiger partial charge in [0.05, 0.1) is 23.0 Å². The smallest absolute Gasteiger partial charge is 0.337 e. The number of amides is 1. The first kappa shape index (κ1) is 16.5. The van der Waals surface area contributed by atoms with Crippen LogP contribution in [0.5, 0.6) is 0 Å². The van der Waals surface area contributed by atoms with Crippen LogP contribution in [0.3, 0.4) is 0 Å². The van der Waals surface area contributed by atoms with E-state index in [2.05, 4.69) is 15.4 Å². The molecular weight excluding hydrogens is 334 g/mol. The number of hydrogen-bond donors (Lipinski definition) is 2. The van der Waals surface area contributed by atoms with Crippen molar-refractivity contribution in [2.24, 2.45) is 7.05 Å². The minimum absolute atomic E-state index is 0.0299. The standard InChI is InChI=1S/C16H12F2N4O3/c1-22-13-6-9(16(24)25)12(5-8(13)7-19-22)21-15(23)11-4-2-3-10(20-11)14(17)18/h2-7,14H,1H3,(H,21,23)(H,24,25). The second kappa shape index (κ2) is 6.27. The van der Waals surface area contributed by atoms with Crippen LogP contribution >= 0.6 is 0 Å². The molecule has 25 heavy (non-hydrogen) atoms. The van der Waals surface area contributed by atoms with Crippen molar-refractivity contribution in [1.82, 2.24) is 14.8 Å². The fourth-order valence-corrected chi connectivity index (χ4v) is 2.37. The van der Waals surface area contributed by atoms with Gasteiger partial charge < -0.3 is 10.4 Å². The number of halogens is 2. The SMILES string of the molecule is Cn1ncc2cc(NC(=O)c3cccc(C(F)F)n3)c(C(=O)O)cc21. The number of carbonyl (C=O) groups is 2. The first-order chi connectivity index (χ1) is 11.9. The van der Waals surface area contributed by atoms with Gasteiger partial charge in [0.2, 0.25) is 0 Å². The Bertz CT molecular complexity index is 985. The molecule has 0 spiro atoms. The number of carboxylic acids is 1. The Balaban J connectivity index is 1.99. The van der Waals surface area contributed by atoms with Crippen LogP contribution in [0.15, 0.2) is 36.5 Å². The van der Waals surface area contributed by atoms with Gasteiger partial charge >= 0.3 is 5.97 Å². The number of nitrogens with one attached hydrogen (secondary N) is 1. The van der Waals surface area contributed by atoms with Crippen LogP contribution in [-0.2, 0) is 7.05 Å². The fraction of sp³-hybridized carbons (Fsp3) is 0.125. The molecule has 0 unspecified atom stereocenters. The highest BCUT2D eigenvalue weighted by atomic mass is 19.3. The number of alkyl halides is 2. The third-order valence-corrected chi connectivity index (χ3v) is 3.59. The fourth-order valence-electron chi connectivity index (χ4n) is 2.37. The molecule has 2 heterocycles. The van der Waals surface area contributed by atoms with Crippen LogP contribution in [0.25, 0.3) is 10.9 Å². The molecule has 1 amide bonds. The number of aromatic carboxylic acids is 1. The van der Waals surface area contributed by atoms with E-state index in [9.17, 15) is 23.5 Å². The van der Waals surface area contributed by atoms with Crippen molar-refractivity contribution < 1.29 is 23.5 Å². The van der Waals surface area contributed by atoms with E-state index in [1.165, 1.54) is 35.1 Å². The maximum Gasteiger partial charge on any atom is 0.337 e. The molecule has 0 saturated carbocycles. The summed E-state index contributed by atoms with van der Waals surface area (Å²) >= 11 is 0. The number of aromatic nitrogens is 3. The van der Waals surface area contributed by atoms with E-state index < -0.39 is 24.0 Å². The normalized spacial score (nSPS) is 11.0. The number of pyridine rings is 1. The molecule has 0 radical (unpaired) electrons. The van der Waals surface area contributed by atoms with Crippen molar-refractivity contribution in [3.8, 4) is 0 Å². The molecule has 2 N–H and O–H groups in total. The van der Waals surface area contributed by atoms with Crippen LogP contribution < -0.4 is 5.32 Å². The summed E-state index contributed by atoms with van der Waals surface area (Å²) in [6.07, 6.45) is -1.29. The molecule has 0 saturated heterocycles. The molecule has 3 aromatic rings. The number of carboxylic acid groups (broad SMARTS) is 1. The van der Waals surface area contributed by atoms with Crippen LogP contribution in [0, 0.1) is 0 Å². The maximum absolute atomic E-state index is 12.7. The Morgan fingerprint density at radius 2 is 2.04 bits per heavy atom. The van der Waals surface area contributed by atoms with Gasteiger partial charge in [-0.05, 0) is 24.3 Å². The quantitative estimate of drug-likeness (QED) is 0.757. The van der Waals surface area contributed by atoms with Crippen LogP contribution in [-0.4, -0.2) is 31.7 Å². The Kier molecular flexibility index (Phi) is 4.14. The summed E-state index contributed by atoms with van der Waals surface area (Å²) in [7, 11) is 1.66. The first-order valence-electron chi connectivity index (χ1n) is 7.12. The number of nitrogens with zero attached hydrogens (tertiary/aromatic N) is 3. The summed E-state index contributed by atoms with van der Waals surface area (Å²) in [5, 5.41) is 16.4. The molecule has 3 rings (SSSR count). The molecule has 0 bridgehead atoms. The van der Waals surface area contributed by atoms with Gasteiger partial charge in [0.25, 0.3) is 12.3 Å². The Morgan fingerprint density at radius 3 is 2.72 bits per heavy atom. The molecular formula is C16H12F2N4O3. The van der Waals surface area contributed by atoms with Crippen LogP contribution in [0.1, 0.15) is 33.0 Å². The van der Waals surface area contributed by atoms with E-state index in [-0.39, 0.29) is 16.9 Å². The maximum atomic E-state index is 12.7. The average molecular weight is 346 g/mol. The van der Waals surface area contributed by atoms with E-state index in [1.54, 1.807) is 7.05 Å². The Hall–Kier alpha value is -3.36. The zero-order valence-corrected chi connectivity index (χ0v) is 12.9. The van der Waals surface area contributed by atoms with Crippen molar-refractivity contribution in [3.05, 3.63) is 53.5 Å². The zero-order chi connectivity index (χ0) is 18.1. The van der Waals surface area contributed by atoms with Gasteiger partial charge in [-0.15, -0.1) is 0 Å². The minimum atomic E-state index is -2.81. The monoisotopic (exact) mass is 346 g/mol. The van der Waals surface area contributed by atoms with Crippen molar-refractivity contribution in [2.45, 2.75) is 6.43 Å². The largest absolute Gasteiger partial charge is 0.478 e. The molecule has 0 fully saturated rings. The highest BCUT2D eigenvalue weighted by molar-refractivity contribution is 6.09. The molecule has 9 heteroatoms. The number of benzene rings is 1. The Labute approximate surface area is 139 Å². The highest BCUT2D eigenvalue weighted by Gasteiger charge is 2.18. The summed E-state index contributed by atoms with van der Waals surface area (Å²) in [6, 6.07) is 6.49. The van der Waals surface area contributed by atoms with Gasteiger partial charge in [-0.3, -0.25) is 9.48 Å². The number of fused-ring (bicyclic) bond motifs is 1. The lowest BCUT2D eigenvalue weighted by atomic mass is 10.1. The second-order valence-electron chi connectivity index (χ2n) is 5.23. The average Bonchev–Trinajstić information content (AvgIpc) is 2.94. The summed E-state index contributed by atoms with van der Waals surface area (Å²) in [4.78, 5) is 27.3. The summed E-state index contributed by atoms with van der Waals surface area (Å²) in [5.74, 6) is -2.03. The molecule has 7 nitrogen and oxygen atoms in total. The van der Waals surface area contributed by atoms with Gasteiger partial charge in [-0.1, -0.05) is 6.07 Å².